The fraction of sp³-hybridized carbons (Fsp3) is 0.344. The average Bonchev–Trinajstić information content (AvgIpc) is 3.40. The lowest BCUT2D eigenvalue weighted by Gasteiger charge is -2.38. The van der Waals surface area contributed by atoms with Crippen LogP contribution >= 0.6 is 0 Å². The molecule has 226 valence electrons. The molecule has 6 nitrogen and oxygen atoms in total. The van der Waals surface area contributed by atoms with E-state index in [2.05, 4.69) is 11.6 Å². The molecule has 1 aliphatic rings. The number of nitrogens with zero attached hydrogens (tertiary/aromatic N) is 4. The summed E-state index contributed by atoms with van der Waals surface area (Å²) in [7, 11) is 0. The zero-order valence-corrected chi connectivity index (χ0v) is 23.6. The number of aromatic nitrogens is 3. The van der Waals surface area contributed by atoms with Crippen molar-refractivity contribution in [2.45, 2.75) is 63.1 Å². The molecule has 2 aromatic heterocycles. The summed E-state index contributed by atoms with van der Waals surface area (Å²) < 4.78 is 66.8. The minimum atomic E-state index is -4.42. The first-order valence-electron chi connectivity index (χ1n) is 14.1. The molecular formula is C32H32F5N5O. The number of carbonyl (C=O) groups is 1. The molecule has 3 atom stereocenters. The fourth-order valence-electron chi connectivity index (χ4n) is 5.79. The van der Waals surface area contributed by atoms with Crippen LogP contribution in [0.1, 0.15) is 73.4 Å². The first-order chi connectivity index (χ1) is 20.5. The van der Waals surface area contributed by atoms with E-state index in [0.29, 0.717) is 29.9 Å². The van der Waals surface area contributed by atoms with E-state index in [1.165, 1.54) is 17.0 Å². The topological polar surface area (TPSA) is 76.5 Å². The molecule has 0 aliphatic carbocycles. The Morgan fingerprint density at radius 2 is 1.84 bits per heavy atom. The van der Waals surface area contributed by atoms with Crippen molar-refractivity contribution >= 4 is 17.2 Å². The van der Waals surface area contributed by atoms with Crippen LogP contribution in [0.2, 0.25) is 0 Å². The molecule has 2 aromatic carbocycles. The second-order valence-corrected chi connectivity index (χ2v) is 10.9. The molecule has 3 heterocycles. The smallest absolute Gasteiger partial charge is 0.382 e. The number of carbonyl (C=O) groups excluding carboxylic acids is 1. The van der Waals surface area contributed by atoms with Crippen molar-refractivity contribution in [3.05, 3.63) is 96.1 Å². The Kier molecular flexibility index (Phi) is 8.52. The highest BCUT2D eigenvalue weighted by molar-refractivity contribution is 5.85. The van der Waals surface area contributed by atoms with E-state index >= 15 is 0 Å². The van der Waals surface area contributed by atoms with Gasteiger partial charge in [0.2, 0.25) is 5.91 Å². The summed E-state index contributed by atoms with van der Waals surface area (Å²) in [5.74, 6) is -0.0601. The Balaban J connectivity index is 1.45. The molecule has 1 amide bonds. The zero-order valence-electron chi connectivity index (χ0n) is 23.6. The molecule has 2 N–H and O–H groups in total. The second kappa shape index (κ2) is 12.1. The number of hydrogen-bond acceptors (Lipinski definition) is 4. The van der Waals surface area contributed by atoms with E-state index in [4.69, 9.17) is 10.7 Å². The van der Waals surface area contributed by atoms with Gasteiger partial charge in [0.05, 0.1) is 6.42 Å². The molecule has 11 heteroatoms. The normalized spacial score (nSPS) is 18.3. The van der Waals surface area contributed by atoms with Gasteiger partial charge < -0.3 is 10.6 Å². The zero-order chi connectivity index (χ0) is 30.9. The minimum absolute atomic E-state index is 0.0244. The van der Waals surface area contributed by atoms with E-state index < -0.39 is 31.4 Å². The lowest BCUT2D eigenvalue weighted by atomic mass is 9.91. The van der Waals surface area contributed by atoms with Crippen molar-refractivity contribution in [2.75, 3.05) is 12.3 Å². The van der Waals surface area contributed by atoms with E-state index in [-0.39, 0.29) is 35.8 Å². The van der Waals surface area contributed by atoms with Crippen molar-refractivity contribution in [3.8, 4) is 11.3 Å². The largest absolute Gasteiger partial charge is 0.389 e. The second-order valence-electron chi connectivity index (χ2n) is 10.9. The van der Waals surface area contributed by atoms with Gasteiger partial charge in [0.15, 0.2) is 0 Å². The van der Waals surface area contributed by atoms with Crippen molar-refractivity contribution < 1.29 is 26.7 Å². The van der Waals surface area contributed by atoms with Gasteiger partial charge in [-0.25, -0.2) is 18.7 Å². The minimum Gasteiger partial charge on any atom is -0.382 e. The standard InChI is InChI=1S/C32H32F5N5O/c1-3-25-12-11-24(18-42(25)26(43)13-14-32(35,36)37)31-40-27(28-30(38)39-15-16-41(28)31)21-9-7-20(8-10-21)19(2)22-5-4-6-23(17-22)29(33)34/h3-10,15-17,19,24-25,29H,1,11-14,18H2,2H3,(H2,38,39)/t19-,24+,25+/m0/s1. The highest BCUT2D eigenvalue weighted by atomic mass is 19.4. The molecule has 0 bridgehead atoms. The van der Waals surface area contributed by atoms with E-state index in [1.807, 2.05) is 41.7 Å². The van der Waals surface area contributed by atoms with Crippen LogP contribution in [0, 0.1) is 0 Å². The van der Waals surface area contributed by atoms with Crippen LogP contribution in [-0.4, -0.2) is 43.9 Å². The molecule has 0 saturated carbocycles. The van der Waals surface area contributed by atoms with Gasteiger partial charge in [0.1, 0.15) is 22.9 Å². The van der Waals surface area contributed by atoms with Gasteiger partial charge in [0.25, 0.3) is 6.43 Å². The number of amides is 1. The summed E-state index contributed by atoms with van der Waals surface area (Å²) in [5.41, 5.74) is 9.93. The maximum absolute atomic E-state index is 13.2. The molecule has 0 unspecified atom stereocenters. The number of nitrogen functional groups attached to an aromatic ring is 1. The van der Waals surface area contributed by atoms with Crippen molar-refractivity contribution in [1.29, 1.82) is 0 Å². The lowest BCUT2D eigenvalue weighted by molar-refractivity contribution is -0.150. The van der Waals surface area contributed by atoms with Crippen molar-refractivity contribution in [1.82, 2.24) is 19.3 Å². The molecule has 0 spiro atoms. The number of piperidine rings is 1. The number of hydrogen-bond donors (Lipinski definition) is 1. The Morgan fingerprint density at radius 3 is 2.51 bits per heavy atom. The van der Waals surface area contributed by atoms with Gasteiger partial charge in [-0.05, 0) is 30.0 Å². The number of imidazole rings is 1. The number of rotatable bonds is 8. The summed E-state index contributed by atoms with van der Waals surface area (Å²) in [5, 5.41) is 0. The Hall–Kier alpha value is -4.28. The number of anilines is 1. The molecular weight excluding hydrogens is 565 g/mol. The number of likely N-dealkylation sites (tertiary alicyclic amines) is 1. The number of halogens is 5. The Bertz CT molecular complexity index is 1610. The maximum Gasteiger partial charge on any atom is 0.389 e. The third kappa shape index (κ3) is 6.40. The van der Waals surface area contributed by atoms with Crippen LogP contribution in [0.15, 0.2) is 73.6 Å². The predicted octanol–water partition coefficient (Wildman–Crippen LogP) is 7.67. The van der Waals surface area contributed by atoms with Gasteiger partial charge in [-0.2, -0.15) is 13.2 Å². The van der Waals surface area contributed by atoms with Crippen molar-refractivity contribution in [2.24, 2.45) is 0 Å². The molecule has 4 aromatic rings. The van der Waals surface area contributed by atoms with Gasteiger partial charge >= 0.3 is 6.18 Å². The molecule has 5 rings (SSSR count). The molecule has 1 fully saturated rings. The first-order valence-corrected chi connectivity index (χ1v) is 14.1. The summed E-state index contributed by atoms with van der Waals surface area (Å²) >= 11 is 0. The van der Waals surface area contributed by atoms with Crippen molar-refractivity contribution in [3.63, 3.8) is 0 Å². The van der Waals surface area contributed by atoms with Crippen LogP contribution < -0.4 is 5.73 Å². The molecule has 43 heavy (non-hydrogen) atoms. The average molecular weight is 598 g/mol. The highest BCUT2D eigenvalue weighted by Gasteiger charge is 2.35. The highest BCUT2D eigenvalue weighted by Crippen LogP contribution is 2.37. The first kappa shape index (κ1) is 30.2. The fourth-order valence-corrected chi connectivity index (χ4v) is 5.79. The van der Waals surface area contributed by atoms with Crippen LogP contribution in [-0.2, 0) is 4.79 Å². The SMILES string of the molecule is C=C[C@@H]1CC[C@@H](c2nc(-c3ccc([C@H](C)c4cccc(C(F)F)c4)cc3)c3c(N)nccn23)CN1C(=O)CCC(F)(F)F. The monoisotopic (exact) mass is 597 g/mol. The summed E-state index contributed by atoms with van der Waals surface area (Å²) in [6.07, 6.45) is -2.69. The number of nitrogens with two attached hydrogens (primary N) is 1. The summed E-state index contributed by atoms with van der Waals surface area (Å²) in [6.45, 7) is 5.93. The van der Waals surface area contributed by atoms with Crippen LogP contribution in [0.5, 0.6) is 0 Å². The molecule has 1 aliphatic heterocycles. The molecule has 1 saturated heterocycles. The van der Waals surface area contributed by atoms with E-state index in [0.717, 1.165) is 16.7 Å². The number of benzene rings is 2. The number of alkyl halides is 5. The summed E-state index contributed by atoms with van der Waals surface area (Å²) in [6, 6.07) is 13.6. The van der Waals surface area contributed by atoms with Crippen LogP contribution in [0.3, 0.4) is 0 Å². The Labute approximate surface area is 246 Å². The summed E-state index contributed by atoms with van der Waals surface area (Å²) in [4.78, 5) is 23.5. The lowest BCUT2D eigenvalue weighted by Crippen LogP contribution is -2.45. The third-order valence-corrected chi connectivity index (χ3v) is 8.17. The van der Waals surface area contributed by atoms with Gasteiger partial charge in [-0.3, -0.25) is 9.20 Å². The molecule has 0 radical (unpaired) electrons. The van der Waals surface area contributed by atoms with Gasteiger partial charge in [-0.1, -0.05) is 55.5 Å². The third-order valence-electron chi connectivity index (χ3n) is 8.17. The Morgan fingerprint density at radius 1 is 1.12 bits per heavy atom. The number of fused-ring (bicyclic) bond motifs is 1. The van der Waals surface area contributed by atoms with E-state index in [1.54, 1.807) is 24.5 Å². The van der Waals surface area contributed by atoms with Crippen LogP contribution in [0.4, 0.5) is 27.8 Å². The van der Waals surface area contributed by atoms with Gasteiger partial charge in [0, 0.05) is 54.4 Å². The van der Waals surface area contributed by atoms with Crippen LogP contribution in [0.25, 0.3) is 16.8 Å². The quantitative estimate of drug-likeness (QED) is 0.167. The predicted molar refractivity (Wildman–Crippen MR) is 155 cm³/mol. The van der Waals surface area contributed by atoms with Gasteiger partial charge in [-0.15, -0.1) is 6.58 Å². The van der Waals surface area contributed by atoms with E-state index in [9.17, 15) is 26.7 Å². The maximum atomic E-state index is 13.2.